The van der Waals surface area contributed by atoms with Gasteiger partial charge in [-0.1, -0.05) is 141 Å². The van der Waals surface area contributed by atoms with Gasteiger partial charge in [-0.2, -0.15) is 0 Å². The van der Waals surface area contributed by atoms with Crippen molar-refractivity contribution in [1.82, 2.24) is 35.4 Å². The quantitative estimate of drug-likeness (QED) is 0.0250. The van der Waals surface area contributed by atoms with Crippen molar-refractivity contribution in [1.29, 1.82) is 0 Å². The maximum atomic E-state index is 14.1. The number of carbonyl (C=O) groups excluding carboxylic acids is 4. The summed E-state index contributed by atoms with van der Waals surface area (Å²) in [6.45, 7) is 6.47. The van der Waals surface area contributed by atoms with Crippen molar-refractivity contribution < 1.29 is 49.2 Å². The first-order valence-corrected chi connectivity index (χ1v) is 27.7. The van der Waals surface area contributed by atoms with Crippen LogP contribution in [-0.2, 0) is 24.8 Å². The molecule has 2 saturated carbocycles. The molecule has 4 fully saturated rings. The smallest absolute Gasteiger partial charge is 0.326 e. The van der Waals surface area contributed by atoms with Crippen LogP contribution < -0.4 is 10.6 Å². The van der Waals surface area contributed by atoms with Gasteiger partial charge < -0.3 is 40.9 Å². The molecule has 20 nitrogen and oxygen atoms in total. The highest BCUT2D eigenvalue weighted by Crippen LogP contribution is 2.34. The van der Waals surface area contributed by atoms with E-state index in [1.807, 2.05) is 66.7 Å². The van der Waals surface area contributed by atoms with E-state index in [1.165, 1.54) is 27.1 Å². The van der Waals surface area contributed by atoms with E-state index in [-0.39, 0.29) is 43.7 Å². The fraction of sp³-hybridized carbons (Fsp3) is 0.500. The van der Waals surface area contributed by atoms with Crippen LogP contribution in [0, 0.1) is 24.2 Å². The van der Waals surface area contributed by atoms with Crippen molar-refractivity contribution in [3.63, 3.8) is 0 Å². The highest BCUT2D eigenvalue weighted by atomic mass is 16.4. The molecule has 0 spiro atoms. The number of nitrogens with zero attached hydrogens (tertiary/aromatic N) is 8. The molecule has 0 radical (unpaired) electrons. The Labute approximate surface area is 465 Å². The second kappa shape index (κ2) is 26.9. The van der Waals surface area contributed by atoms with Crippen LogP contribution in [0.25, 0.3) is 32.0 Å². The molecule has 4 aliphatic rings. The summed E-state index contributed by atoms with van der Waals surface area (Å²) in [5.41, 5.74) is 7.94. The van der Waals surface area contributed by atoms with Crippen molar-refractivity contribution >= 4 is 57.1 Å². The fourth-order valence-corrected chi connectivity index (χ4v) is 11.4. The average Bonchev–Trinajstić information content (AvgIpc) is 4.27. The van der Waals surface area contributed by atoms with Crippen LogP contribution in [0.15, 0.2) is 96.2 Å². The molecule has 5 aromatic rings. The Bertz CT molecular complexity index is 3100. The maximum Gasteiger partial charge on any atom is 0.326 e. The summed E-state index contributed by atoms with van der Waals surface area (Å²) < 4.78 is 1.52. The number of aliphatic hydroxyl groups is 2. The van der Waals surface area contributed by atoms with Crippen LogP contribution in [0.1, 0.15) is 150 Å². The third kappa shape index (κ3) is 15.7. The lowest BCUT2D eigenvalue weighted by molar-refractivity contribution is -0.149. The second-order valence-electron chi connectivity index (χ2n) is 22.7. The number of likely N-dealkylation sites (tertiary alicyclic amines) is 2. The van der Waals surface area contributed by atoms with E-state index < -0.39 is 71.2 Å². The summed E-state index contributed by atoms with van der Waals surface area (Å²) in [5.74, 6) is -1.08. The fourth-order valence-electron chi connectivity index (χ4n) is 11.4. The van der Waals surface area contributed by atoms with Crippen LogP contribution in [0.2, 0.25) is 0 Å². The van der Waals surface area contributed by atoms with Crippen molar-refractivity contribution in [2.45, 2.75) is 165 Å². The predicted molar refractivity (Wildman–Crippen MR) is 301 cm³/mol. The van der Waals surface area contributed by atoms with Gasteiger partial charge in [0.15, 0.2) is 0 Å². The summed E-state index contributed by atoms with van der Waals surface area (Å²) in [6, 6.07) is 21.4. The molecule has 80 heavy (non-hydrogen) atoms. The molecule has 1 aromatic heterocycles. The van der Waals surface area contributed by atoms with Crippen LogP contribution in [0.5, 0.6) is 0 Å². The lowest BCUT2D eigenvalue weighted by atomic mass is 9.84. The number of aromatic nitrogens is 3. The van der Waals surface area contributed by atoms with Gasteiger partial charge in [-0.15, -0.1) is 11.5 Å². The molecule has 0 bridgehead atoms. The number of nitrogens with one attached hydrogen (secondary N) is 2. The Kier molecular flexibility index (Phi) is 20.1. The van der Waals surface area contributed by atoms with Gasteiger partial charge in [-0.3, -0.25) is 19.2 Å². The summed E-state index contributed by atoms with van der Waals surface area (Å²) in [6.07, 6.45) is 18.0. The molecule has 4 amide bonds. The van der Waals surface area contributed by atoms with E-state index in [0.717, 1.165) is 79.3 Å². The summed E-state index contributed by atoms with van der Waals surface area (Å²) >= 11 is 0. The maximum absolute atomic E-state index is 14.1. The molecule has 2 aliphatic heterocycles. The number of carboxylic acids is 2. The molecule has 6 atom stereocenters. The van der Waals surface area contributed by atoms with Crippen molar-refractivity contribution in [3.8, 4) is 12.3 Å². The number of carboxylic acid groups (broad SMARTS) is 2. The van der Waals surface area contributed by atoms with Crippen molar-refractivity contribution in [2.75, 3.05) is 13.1 Å². The van der Waals surface area contributed by atoms with Gasteiger partial charge in [0.1, 0.15) is 35.4 Å². The molecule has 424 valence electrons. The number of hydrogen-bond acceptors (Lipinski definition) is 11. The first-order chi connectivity index (χ1) is 38.1. The third-order valence-electron chi connectivity index (χ3n) is 15.6. The molecule has 20 heteroatoms. The minimum absolute atomic E-state index is 0.0346. The number of rotatable bonds is 15. The van der Waals surface area contributed by atoms with Gasteiger partial charge in [0, 0.05) is 35.5 Å². The molecule has 3 heterocycles. The Morgan fingerprint density at radius 2 is 1.12 bits per heavy atom. The zero-order chi connectivity index (χ0) is 57.7. The van der Waals surface area contributed by atoms with Gasteiger partial charge in [-0.05, 0) is 110 Å². The van der Waals surface area contributed by atoms with Gasteiger partial charge in [0.05, 0.1) is 24.0 Å². The molecular formula is C60H74N10O10. The molecule has 2 aliphatic carbocycles. The summed E-state index contributed by atoms with van der Waals surface area (Å²) in [4.78, 5) is 83.8. The molecule has 6 N–H and O–H groups in total. The Balaban J connectivity index is 0.000000212. The highest BCUT2D eigenvalue weighted by molar-refractivity contribution is 6.02. The first kappa shape index (κ1) is 59.8. The zero-order valence-electron chi connectivity index (χ0n) is 46.0. The van der Waals surface area contributed by atoms with E-state index in [9.17, 15) is 44.1 Å². The first-order valence-electron chi connectivity index (χ1n) is 27.7. The Morgan fingerprint density at radius 3 is 1.55 bits per heavy atom. The number of azide groups is 1. The average molecular weight is 1100 g/mol. The second-order valence-corrected chi connectivity index (χ2v) is 22.7. The zero-order valence-corrected chi connectivity index (χ0v) is 46.0. The van der Waals surface area contributed by atoms with E-state index >= 15 is 0 Å². The van der Waals surface area contributed by atoms with Gasteiger partial charge >= 0.3 is 11.9 Å². The number of hydrogen-bond donors (Lipinski definition) is 6. The minimum atomic E-state index is -1.24. The van der Waals surface area contributed by atoms with Crippen LogP contribution in [0.4, 0.5) is 0 Å². The topological polar surface area (TPSA) is 293 Å². The number of terminal acetylenes is 1. The SMILES string of the molecule is C#CC(C)(C)O.CC(C)(O)c1cnnn1[C@H]1C[C@@H](C(=O)O)N(C(=O)[C@@H](CC2CCCCC2)NC(=O)c2ccc3ccccc3c2)C1.[N-]=[N+]=N[C@H]1C[C@@H](C(=O)O)N(C(=O)[C@@H](CC2CCCCC2)NC(=O)c2ccc3ccccc3c2)C1. The van der Waals surface area contributed by atoms with E-state index in [0.29, 0.717) is 35.6 Å². The molecule has 4 aromatic carbocycles. The monoisotopic (exact) mass is 1090 g/mol. The van der Waals surface area contributed by atoms with Crippen LogP contribution in [-0.4, -0.2) is 130 Å². The summed E-state index contributed by atoms with van der Waals surface area (Å²) in [7, 11) is 0. The van der Waals surface area contributed by atoms with Crippen LogP contribution >= 0.6 is 0 Å². The van der Waals surface area contributed by atoms with Gasteiger partial charge in [0.2, 0.25) is 11.8 Å². The molecule has 0 unspecified atom stereocenters. The van der Waals surface area contributed by atoms with Crippen LogP contribution in [0.3, 0.4) is 0 Å². The van der Waals surface area contributed by atoms with E-state index in [4.69, 9.17) is 17.1 Å². The lowest BCUT2D eigenvalue weighted by Crippen LogP contribution is -2.52. The molecule has 9 rings (SSSR count). The van der Waals surface area contributed by atoms with Crippen molar-refractivity contribution in [3.05, 3.63) is 118 Å². The molecular weight excluding hydrogens is 1020 g/mol. The van der Waals surface area contributed by atoms with Gasteiger partial charge in [-0.25, -0.2) is 14.3 Å². The van der Waals surface area contributed by atoms with E-state index in [1.54, 1.807) is 45.9 Å². The number of benzene rings is 4. The summed E-state index contributed by atoms with van der Waals surface area (Å²) in [5, 5.41) is 60.3. The molecule has 2 saturated heterocycles. The normalized spacial score (nSPS) is 20.4. The number of carbonyl (C=O) groups is 6. The predicted octanol–water partition coefficient (Wildman–Crippen LogP) is 8.32. The number of amides is 4. The Morgan fingerprint density at radius 1 is 0.688 bits per heavy atom. The largest absolute Gasteiger partial charge is 0.480 e. The highest BCUT2D eigenvalue weighted by Gasteiger charge is 2.46. The lowest BCUT2D eigenvalue weighted by Gasteiger charge is -2.31. The minimum Gasteiger partial charge on any atom is -0.480 e. The van der Waals surface area contributed by atoms with Gasteiger partial charge in [0.25, 0.3) is 11.8 Å². The van der Waals surface area contributed by atoms with Crippen molar-refractivity contribution in [2.24, 2.45) is 17.0 Å². The standard InChI is InChI=1S/C30H37N5O5.C25H29N5O4.C5H8O/c1-30(2,40)26-17-31-33-35(26)23-16-25(29(38)39)34(18-23)28(37)24(14-19-8-4-3-5-9-19)32-27(36)22-13-12-20-10-6-7-11-21(20)15-22;26-29-28-20-14-22(25(33)34)30(15-20)24(32)21(12-16-6-2-1-3-7-16)27-23(31)19-11-10-17-8-4-5-9-18(17)13-19;1-4-5(2,3)6/h6-7,10-13,15,17,19,23-25,40H,3-5,8-9,14,16,18H2,1-2H3,(H,32,36)(H,38,39);4-5,8-11,13,16,20-22H,1-3,6-7,12,14-15H2,(H,27,31)(H,33,34);1,6H,2-3H3/t23-,24+,25-;20-,21+,22-;/m00./s1. The number of aliphatic carboxylic acids is 2. The van der Waals surface area contributed by atoms with E-state index in [2.05, 4.69) is 36.9 Å². The Hall–Kier alpha value is -7.85. The number of fused-ring (bicyclic) bond motifs is 2. The third-order valence-corrected chi connectivity index (χ3v) is 15.6.